The molecule has 2 aromatic rings. The zero-order valence-electron chi connectivity index (χ0n) is 17.6. The van der Waals surface area contributed by atoms with Crippen LogP contribution in [0.5, 0.6) is 5.75 Å². The van der Waals surface area contributed by atoms with Gasteiger partial charge in [0.1, 0.15) is 5.75 Å². The minimum atomic E-state index is -3.23. The molecule has 1 aliphatic carbocycles. The summed E-state index contributed by atoms with van der Waals surface area (Å²) in [6, 6.07) is 7.16. The lowest BCUT2D eigenvalue weighted by molar-refractivity contribution is -0.122. The molecule has 3 aliphatic rings. The van der Waals surface area contributed by atoms with Gasteiger partial charge in [0, 0.05) is 43.0 Å². The van der Waals surface area contributed by atoms with E-state index in [1.165, 1.54) is 11.3 Å². The summed E-state index contributed by atoms with van der Waals surface area (Å²) >= 11 is 1.31. The van der Waals surface area contributed by atoms with Gasteiger partial charge in [0.05, 0.1) is 24.0 Å². The van der Waals surface area contributed by atoms with Crippen LogP contribution in [0.4, 0.5) is 10.8 Å². The molecule has 0 bridgehead atoms. The number of methoxy groups -OCH3 is 1. The lowest BCUT2D eigenvalue weighted by Crippen LogP contribution is -2.37. The normalized spacial score (nSPS) is 21.5. The lowest BCUT2D eigenvalue weighted by atomic mass is 10.1. The number of fused-ring (bicyclic) bond motifs is 1. The van der Waals surface area contributed by atoms with E-state index < -0.39 is 15.9 Å². The molecule has 1 atom stereocenters. The highest BCUT2D eigenvalue weighted by molar-refractivity contribution is 7.90. The van der Waals surface area contributed by atoms with Crippen molar-refractivity contribution in [1.29, 1.82) is 0 Å². The summed E-state index contributed by atoms with van der Waals surface area (Å²) in [5.74, 6) is -0.124. The van der Waals surface area contributed by atoms with Crippen molar-refractivity contribution in [2.45, 2.75) is 37.5 Å². The van der Waals surface area contributed by atoms with Gasteiger partial charge < -0.3 is 15.0 Å². The molecule has 1 N–H and O–H groups in total. The smallest absolute Gasteiger partial charge is 0.231 e. The average Bonchev–Trinajstić information content (AvgIpc) is 3.47. The van der Waals surface area contributed by atoms with Crippen molar-refractivity contribution in [1.82, 2.24) is 9.29 Å². The second kappa shape index (κ2) is 8.13. The van der Waals surface area contributed by atoms with E-state index in [9.17, 15) is 18.0 Å². The van der Waals surface area contributed by atoms with Gasteiger partial charge in [-0.2, -0.15) is 4.31 Å². The van der Waals surface area contributed by atoms with Gasteiger partial charge in [0.2, 0.25) is 21.8 Å². The minimum absolute atomic E-state index is 0.102. The molecule has 2 amide bonds. The summed E-state index contributed by atoms with van der Waals surface area (Å²) in [5, 5.41) is 3.07. The Balaban J connectivity index is 1.23. The molecule has 1 saturated carbocycles. The van der Waals surface area contributed by atoms with E-state index in [1.54, 1.807) is 40.6 Å². The van der Waals surface area contributed by atoms with Crippen molar-refractivity contribution in [2.75, 3.05) is 30.4 Å². The molecule has 2 aliphatic heterocycles. The van der Waals surface area contributed by atoms with Crippen LogP contribution in [0.2, 0.25) is 0 Å². The topological polar surface area (TPSA) is 109 Å². The SMILES string of the molecule is COc1ccc(N2CC(C(=O)Nc3nc4c(s3)CN(S(=O)(=O)C3CC3)CC4)CC2=O)cc1. The first-order valence-corrected chi connectivity index (χ1v) is 12.9. The van der Waals surface area contributed by atoms with Crippen LogP contribution in [0.3, 0.4) is 0 Å². The number of benzene rings is 1. The number of amides is 2. The fourth-order valence-electron chi connectivity index (χ4n) is 4.12. The molecular weight excluding hydrogens is 452 g/mol. The van der Waals surface area contributed by atoms with Crippen molar-refractivity contribution in [2.24, 2.45) is 5.92 Å². The van der Waals surface area contributed by atoms with E-state index in [0.29, 0.717) is 36.9 Å². The van der Waals surface area contributed by atoms with Gasteiger partial charge in [-0.15, -0.1) is 11.3 Å². The van der Waals surface area contributed by atoms with E-state index >= 15 is 0 Å². The Kier molecular flexibility index (Phi) is 5.42. The molecule has 1 saturated heterocycles. The van der Waals surface area contributed by atoms with Crippen LogP contribution in [0.25, 0.3) is 0 Å². The van der Waals surface area contributed by atoms with Crippen LogP contribution < -0.4 is 15.0 Å². The maximum Gasteiger partial charge on any atom is 0.231 e. The predicted octanol–water partition coefficient (Wildman–Crippen LogP) is 1.99. The number of rotatable bonds is 6. The van der Waals surface area contributed by atoms with Crippen LogP contribution >= 0.6 is 11.3 Å². The number of sulfonamides is 1. The Morgan fingerprint density at radius 3 is 2.69 bits per heavy atom. The van der Waals surface area contributed by atoms with Crippen molar-refractivity contribution in [3.63, 3.8) is 0 Å². The quantitative estimate of drug-likeness (QED) is 0.683. The molecule has 9 nitrogen and oxygen atoms in total. The van der Waals surface area contributed by atoms with E-state index in [0.717, 1.165) is 29.1 Å². The first-order valence-electron chi connectivity index (χ1n) is 10.6. The molecule has 1 unspecified atom stereocenters. The molecular formula is C21H24N4O5S2. The average molecular weight is 477 g/mol. The molecule has 1 aromatic carbocycles. The van der Waals surface area contributed by atoms with Gasteiger partial charge in [-0.1, -0.05) is 0 Å². The third-order valence-electron chi connectivity index (χ3n) is 6.11. The number of thiazole rings is 1. The number of ether oxygens (including phenoxy) is 1. The van der Waals surface area contributed by atoms with Gasteiger partial charge in [-0.25, -0.2) is 13.4 Å². The molecule has 2 fully saturated rings. The number of aromatic nitrogens is 1. The summed E-state index contributed by atoms with van der Waals surface area (Å²) in [7, 11) is -1.65. The number of nitrogens with one attached hydrogen (secondary N) is 1. The highest BCUT2D eigenvalue weighted by Crippen LogP contribution is 2.36. The number of hydrogen-bond acceptors (Lipinski definition) is 7. The monoisotopic (exact) mass is 476 g/mol. The number of carbonyl (C=O) groups excluding carboxylic acids is 2. The summed E-state index contributed by atoms with van der Waals surface area (Å²) in [4.78, 5) is 32.3. The standard InChI is InChI=1S/C21H24N4O5S2/c1-30-15-4-2-14(3-5-15)25-11-13(10-19(25)26)20(27)23-21-22-17-8-9-24(12-18(17)31-21)32(28,29)16-6-7-16/h2-5,13,16H,6-12H2,1H3,(H,22,23,27). The number of nitrogens with zero attached hydrogens (tertiary/aromatic N) is 3. The Bertz CT molecular complexity index is 1160. The van der Waals surface area contributed by atoms with Crippen LogP contribution in [0.1, 0.15) is 29.8 Å². The third-order valence-corrected chi connectivity index (χ3v) is 9.45. The summed E-state index contributed by atoms with van der Waals surface area (Å²) in [5.41, 5.74) is 1.57. The Labute approximate surface area is 190 Å². The first-order chi connectivity index (χ1) is 15.3. The van der Waals surface area contributed by atoms with Crippen molar-refractivity contribution in [3.8, 4) is 5.75 Å². The van der Waals surface area contributed by atoms with Crippen molar-refractivity contribution in [3.05, 3.63) is 34.8 Å². The first kappa shape index (κ1) is 21.4. The van der Waals surface area contributed by atoms with Gasteiger partial charge in [-0.3, -0.25) is 9.59 Å². The molecule has 0 spiro atoms. The molecule has 32 heavy (non-hydrogen) atoms. The zero-order valence-corrected chi connectivity index (χ0v) is 19.2. The van der Waals surface area contributed by atoms with Crippen LogP contribution in [0, 0.1) is 5.92 Å². The summed E-state index contributed by atoms with van der Waals surface area (Å²) in [6.07, 6.45) is 2.16. The number of carbonyl (C=O) groups is 2. The highest BCUT2D eigenvalue weighted by Gasteiger charge is 2.42. The molecule has 11 heteroatoms. The fourth-order valence-corrected chi connectivity index (χ4v) is 7.04. The second-order valence-corrected chi connectivity index (χ2v) is 11.6. The molecule has 1 aromatic heterocycles. The maximum absolute atomic E-state index is 12.8. The van der Waals surface area contributed by atoms with Crippen LogP contribution in [-0.4, -0.2) is 55.0 Å². The van der Waals surface area contributed by atoms with Gasteiger partial charge in [0.15, 0.2) is 5.13 Å². The molecule has 5 rings (SSSR count). The Hall–Kier alpha value is -2.50. The summed E-state index contributed by atoms with van der Waals surface area (Å²) in [6.45, 7) is 1.04. The zero-order chi connectivity index (χ0) is 22.5. The third kappa shape index (κ3) is 4.00. The van der Waals surface area contributed by atoms with Crippen molar-refractivity contribution < 1.29 is 22.7 Å². The van der Waals surface area contributed by atoms with E-state index in [-0.39, 0.29) is 23.5 Å². The number of hydrogen-bond donors (Lipinski definition) is 1. The minimum Gasteiger partial charge on any atom is -0.497 e. The van der Waals surface area contributed by atoms with Gasteiger partial charge in [-0.05, 0) is 37.1 Å². The van der Waals surface area contributed by atoms with Crippen molar-refractivity contribution >= 4 is 44.0 Å². The maximum atomic E-state index is 12.8. The van der Waals surface area contributed by atoms with E-state index in [4.69, 9.17) is 4.74 Å². The second-order valence-electron chi connectivity index (χ2n) is 8.31. The van der Waals surface area contributed by atoms with Crippen LogP contribution in [0.15, 0.2) is 24.3 Å². The van der Waals surface area contributed by atoms with E-state index in [1.807, 2.05) is 0 Å². The van der Waals surface area contributed by atoms with Gasteiger partial charge in [0.25, 0.3) is 0 Å². The Morgan fingerprint density at radius 1 is 1.25 bits per heavy atom. The largest absolute Gasteiger partial charge is 0.497 e. The molecule has 0 radical (unpaired) electrons. The summed E-state index contributed by atoms with van der Waals surface area (Å²) < 4.78 is 31.7. The van der Waals surface area contributed by atoms with Gasteiger partial charge >= 0.3 is 0 Å². The fraction of sp³-hybridized carbons (Fsp3) is 0.476. The molecule has 170 valence electrons. The molecule has 3 heterocycles. The Morgan fingerprint density at radius 2 is 2.00 bits per heavy atom. The number of anilines is 2. The predicted molar refractivity (Wildman–Crippen MR) is 120 cm³/mol. The van der Waals surface area contributed by atoms with E-state index in [2.05, 4.69) is 10.3 Å². The highest BCUT2D eigenvalue weighted by atomic mass is 32.2. The van der Waals surface area contributed by atoms with Crippen LogP contribution in [-0.2, 0) is 32.6 Å². The lowest BCUT2D eigenvalue weighted by Gasteiger charge is -2.25.